The Balaban J connectivity index is 2.79. The molecule has 0 spiro atoms. The molecule has 0 aromatic heterocycles. The summed E-state index contributed by atoms with van der Waals surface area (Å²) in [5, 5.41) is 17.3. The second-order valence-electron chi connectivity index (χ2n) is 3.56. The molecule has 4 nitrogen and oxygen atoms in total. The highest BCUT2D eigenvalue weighted by atomic mass is 16.4. The van der Waals surface area contributed by atoms with Crippen LogP contribution < -0.4 is 4.90 Å². The number of carboxylic acids is 1. The average molecular weight is 218 g/mol. The molecule has 0 saturated carbocycles. The first-order valence-corrected chi connectivity index (χ1v) is 5.04. The van der Waals surface area contributed by atoms with Crippen molar-refractivity contribution in [2.45, 2.75) is 13.3 Å². The number of aliphatic carboxylic acids is 1. The summed E-state index contributed by atoms with van der Waals surface area (Å²) in [5.41, 5.74) is 1.96. The van der Waals surface area contributed by atoms with E-state index in [1.807, 2.05) is 37.3 Å². The number of aryl methyl sites for hydroxylation is 1. The molecule has 0 atom stereocenters. The zero-order valence-corrected chi connectivity index (χ0v) is 9.18. The van der Waals surface area contributed by atoms with E-state index in [0.29, 0.717) is 13.0 Å². The van der Waals surface area contributed by atoms with Gasteiger partial charge >= 0.3 is 5.97 Å². The molecule has 0 radical (unpaired) electrons. The third-order valence-corrected chi connectivity index (χ3v) is 2.22. The lowest BCUT2D eigenvalue weighted by atomic mass is 10.2. The summed E-state index contributed by atoms with van der Waals surface area (Å²) in [5.74, 6) is -0.890. The number of hydrogen-bond acceptors (Lipinski definition) is 3. The molecule has 16 heavy (non-hydrogen) atoms. The number of rotatable bonds is 5. The minimum Gasteiger partial charge on any atom is -0.480 e. The smallest absolute Gasteiger partial charge is 0.323 e. The summed E-state index contributed by atoms with van der Waals surface area (Å²) in [6.45, 7) is 2.33. The zero-order valence-electron chi connectivity index (χ0n) is 9.18. The molecular weight excluding hydrogens is 204 g/mol. The van der Waals surface area contributed by atoms with Gasteiger partial charge in [-0.05, 0) is 19.1 Å². The van der Waals surface area contributed by atoms with Crippen LogP contribution in [0.5, 0.6) is 0 Å². The van der Waals surface area contributed by atoms with Gasteiger partial charge in [0, 0.05) is 12.2 Å². The van der Waals surface area contributed by atoms with Gasteiger partial charge in [0.2, 0.25) is 0 Å². The molecule has 1 N–H and O–H groups in total. The van der Waals surface area contributed by atoms with Crippen LogP contribution in [-0.4, -0.2) is 24.2 Å². The molecule has 1 aromatic rings. The van der Waals surface area contributed by atoms with E-state index in [1.165, 1.54) is 0 Å². The predicted octanol–water partition coefficient (Wildman–Crippen LogP) is 1.80. The molecule has 84 valence electrons. The van der Waals surface area contributed by atoms with Crippen LogP contribution in [0.2, 0.25) is 0 Å². The fraction of sp³-hybridized carbons (Fsp3) is 0.333. The molecule has 0 heterocycles. The summed E-state index contributed by atoms with van der Waals surface area (Å²) in [6.07, 6.45) is 0.321. The van der Waals surface area contributed by atoms with E-state index in [9.17, 15) is 4.79 Å². The van der Waals surface area contributed by atoms with E-state index in [0.717, 1.165) is 11.3 Å². The number of nitriles is 1. The van der Waals surface area contributed by atoms with Crippen molar-refractivity contribution in [3.63, 3.8) is 0 Å². The van der Waals surface area contributed by atoms with Crippen molar-refractivity contribution in [1.29, 1.82) is 5.26 Å². The highest BCUT2D eigenvalue weighted by Gasteiger charge is 2.09. The molecular formula is C12H14N2O2. The van der Waals surface area contributed by atoms with Crippen LogP contribution >= 0.6 is 0 Å². The summed E-state index contributed by atoms with van der Waals surface area (Å²) >= 11 is 0. The van der Waals surface area contributed by atoms with E-state index in [4.69, 9.17) is 10.4 Å². The van der Waals surface area contributed by atoms with Crippen LogP contribution in [0.15, 0.2) is 24.3 Å². The molecule has 0 amide bonds. The van der Waals surface area contributed by atoms with Crippen molar-refractivity contribution < 1.29 is 9.90 Å². The quantitative estimate of drug-likeness (QED) is 0.818. The normalized spacial score (nSPS) is 9.50. The Morgan fingerprint density at radius 1 is 1.44 bits per heavy atom. The van der Waals surface area contributed by atoms with Gasteiger partial charge in [0.25, 0.3) is 0 Å². The fourth-order valence-corrected chi connectivity index (χ4v) is 1.40. The highest BCUT2D eigenvalue weighted by molar-refractivity contribution is 5.73. The minimum atomic E-state index is -0.890. The summed E-state index contributed by atoms with van der Waals surface area (Å²) < 4.78 is 0. The molecule has 0 unspecified atom stereocenters. The van der Waals surface area contributed by atoms with Gasteiger partial charge in [-0.15, -0.1) is 0 Å². The first-order valence-electron chi connectivity index (χ1n) is 5.04. The van der Waals surface area contributed by atoms with Crippen LogP contribution in [0.3, 0.4) is 0 Å². The van der Waals surface area contributed by atoms with E-state index in [1.54, 1.807) is 4.90 Å². The van der Waals surface area contributed by atoms with Gasteiger partial charge < -0.3 is 10.0 Å². The van der Waals surface area contributed by atoms with E-state index < -0.39 is 5.97 Å². The van der Waals surface area contributed by atoms with Crippen LogP contribution in [0.1, 0.15) is 12.0 Å². The van der Waals surface area contributed by atoms with Crippen LogP contribution in [0, 0.1) is 18.3 Å². The standard InChI is InChI=1S/C12H14N2O2/c1-10-3-5-11(6-4-10)14(8-2-7-13)9-12(15)16/h3-6H,2,8-9H2,1H3,(H,15,16). The fourth-order valence-electron chi connectivity index (χ4n) is 1.40. The summed E-state index contributed by atoms with van der Waals surface area (Å²) in [4.78, 5) is 12.4. The summed E-state index contributed by atoms with van der Waals surface area (Å²) in [6, 6.07) is 9.61. The Morgan fingerprint density at radius 3 is 2.56 bits per heavy atom. The molecule has 4 heteroatoms. The third-order valence-electron chi connectivity index (χ3n) is 2.22. The van der Waals surface area contributed by atoms with Gasteiger partial charge in [0.15, 0.2) is 0 Å². The van der Waals surface area contributed by atoms with Gasteiger partial charge in [-0.25, -0.2) is 0 Å². The topological polar surface area (TPSA) is 64.3 Å². The molecule has 0 saturated heterocycles. The molecule has 0 bridgehead atoms. The zero-order chi connectivity index (χ0) is 12.0. The van der Waals surface area contributed by atoms with Crippen molar-refractivity contribution in [2.75, 3.05) is 18.0 Å². The number of benzene rings is 1. The Kier molecular flexibility index (Phi) is 4.34. The number of anilines is 1. The largest absolute Gasteiger partial charge is 0.480 e. The molecule has 0 fully saturated rings. The predicted molar refractivity (Wildman–Crippen MR) is 61.3 cm³/mol. The van der Waals surface area contributed by atoms with Crippen molar-refractivity contribution in [1.82, 2.24) is 0 Å². The highest BCUT2D eigenvalue weighted by Crippen LogP contribution is 2.15. The SMILES string of the molecule is Cc1ccc(N(CCC#N)CC(=O)O)cc1. The van der Waals surface area contributed by atoms with Crippen molar-refractivity contribution in [2.24, 2.45) is 0 Å². The lowest BCUT2D eigenvalue weighted by molar-refractivity contribution is -0.135. The van der Waals surface area contributed by atoms with Crippen molar-refractivity contribution in [3.8, 4) is 6.07 Å². The molecule has 0 aliphatic carbocycles. The maximum absolute atomic E-state index is 10.7. The van der Waals surface area contributed by atoms with Crippen LogP contribution in [-0.2, 0) is 4.79 Å². The van der Waals surface area contributed by atoms with Gasteiger partial charge in [-0.2, -0.15) is 5.26 Å². The minimum absolute atomic E-state index is 0.0786. The molecule has 0 aliphatic rings. The molecule has 1 aromatic carbocycles. The van der Waals surface area contributed by atoms with Gasteiger partial charge in [0.1, 0.15) is 6.54 Å². The van der Waals surface area contributed by atoms with Gasteiger partial charge in [-0.1, -0.05) is 17.7 Å². The van der Waals surface area contributed by atoms with Crippen molar-refractivity contribution in [3.05, 3.63) is 29.8 Å². The molecule has 0 aliphatic heterocycles. The maximum atomic E-state index is 10.7. The number of carbonyl (C=O) groups is 1. The van der Waals surface area contributed by atoms with Crippen LogP contribution in [0.25, 0.3) is 0 Å². The third kappa shape index (κ3) is 3.62. The lowest BCUT2D eigenvalue weighted by Gasteiger charge is -2.21. The number of hydrogen-bond donors (Lipinski definition) is 1. The first kappa shape index (κ1) is 12.1. The molecule has 1 rings (SSSR count). The summed E-state index contributed by atoms with van der Waals surface area (Å²) in [7, 11) is 0. The number of nitrogens with zero attached hydrogens (tertiary/aromatic N) is 2. The van der Waals surface area contributed by atoms with E-state index >= 15 is 0 Å². The Labute approximate surface area is 94.7 Å². The van der Waals surface area contributed by atoms with E-state index in [-0.39, 0.29) is 6.54 Å². The van der Waals surface area contributed by atoms with Gasteiger partial charge in [-0.3, -0.25) is 4.79 Å². The van der Waals surface area contributed by atoms with Crippen molar-refractivity contribution >= 4 is 11.7 Å². The average Bonchev–Trinajstić information content (AvgIpc) is 2.25. The van der Waals surface area contributed by atoms with Gasteiger partial charge in [0.05, 0.1) is 12.5 Å². The first-order chi connectivity index (χ1) is 7.63. The number of carboxylic acid groups (broad SMARTS) is 1. The lowest BCUT2D eigenvalue weighted by Crippen LogP contribution is -2.30. The van der Waals surface area contributed by atoms with E-state index in [2.05, 4.69) is 0 Å². The Bertz CT molecular complexity index is 392. The Hall–Kier alpha value is -2.02. The second kappa shape index (κ2) is 5.76. The monoisotopic (exact) mass is 218 g/mol. The van der Waals surface area contributed by atoms with Crippen LogP contribution in [0.4, 0.5) is 5.69 Å². The maximum Gasteiger partial charge on any atom is 0.323 e. The second-order valence-corrected chi connectivity index (χ2v) is 3.56. The Morgan fingerprint density at radius 2 is 2.06 bits per heavy atom.